The standard InChI is InChI=1S/C14H14N4.ClH/c1-10-7-11(4-5-12(10)8-15)14-13-3-2-6-18(13)17-9-16-14;/h2-7,9H,8,15H2,1H3;1H. The molecule has 0 saturated carbocycles. The first-order valence-electron chi connectivity index (χ1n) is 5.88. The van der Waals surface area contributed by atoms with E-state index in [2.05, 4.69) is 35.2 Å². The van der Waals surface area contributed by atoms with E-state index < -0.39 is 0 Å². The van der Waals surface area contributed by atoms with Gasteiger partial charge in [-0.3, -0.25) is 0 Å². The minimum absolute atomic E-state index is 0. The number of fused-ring (bicyclic) bond motifs is 1. The number of hydrogen-bond donors (Lipinski definition) is 1. The zero-order valence-corrected chi connectivity index (χ0v) is 11.4. The second kappa shape index (κ2) is 5.38. The molecule has 19 heavy (non-hydrogen) atoms. The van der Waals surface area contributed by atoms with Gasteiger partial charge in [-0.1, -0.05) is 12.1 Å². The zero-order valence-electron chi connectivity index (χ0n) is 10.6. The Morgan fingerprint density at radius 3 is 2.84 bits per heavy atom. The number of hydrogen-bond acceptors (Lipinski definition) is 3. The number of nitrogens with two attached hydrogens (primary N) is 1. The van der Waals surface area contributed by atoms with Crippen LogP contribution in [0.3, 0.4) is 0 Å². The van der Waals surface area contributed by atoms with Crippen molar-refractivity contribution in [1.29, 1.82) is 0 Å². The fourth-order valence-corrected chi connectivity index (χ4v) is 2.16. The molecule has 2 aromatic heterocycles. The Morgan fingerprint density at radius 2 is 2.11 bits per heavy atom. The maximum absolute atomic E-state index is 5.68. The van der Waals surface area contributed by atoms with E-state index in [-0.39, 0.29) is 12.4 Å². The lowest BCUT2D eigenvalue weighted by Gasteiger charge is -2.07. The van der Waals surface area contributed by atoms with E-state index in [1.54, 1.807) is 6.33 Å². The summed E-state index contributed by atoms with van der Waals surface area (Å²) in [7, 11) is 0. The molecule has 0 fully saturated rings. The summed E-state index contributed by atoms with van der Waals surface area (Å²) in [5.74, 6) is 0. The molecule has 0 unspecified atom stereocenters. The number of rotatable bonds is 2. The molecule has 2 heterocycles. The highest BCUT2D eigenvalue weighted by molar-refractivity contribution is 5.85. The number of aryl methyl sites for hydroxylation is 1. The third kappa shape index (κ3) is 2.32. The van der Waals surface area contributed by atoms with E-state index in [0.29, 0.717) is 6.54 Å². The summed E-state index contributed by atoms with van der Waals surface area (Å²) < 4.78 is 1.83. The lowest BCUT2D eigenvalue weighted by atomic mass is 10.0. The van der Waals surface area contributed by atoms with Gasteiger partial charge in [0.2, 0.25) is 0 Å². The number of halogens is 1. The van der Waals surface area contributed by atoms with Gasteiger partial charge in [-0.25, -0.2) is 9.50 Å². The van der Waals surface area contributed by atoms with E-state index in [0.717, 1.165) is 16.8 Å². The lowest BCUT2D eigenvalue weighted by Crippen LogP contribution is -2.00. The Morgan fingerprint density at radius 1 is 1.26 bits per heavy atom. The van der Waals surface area contributed by atoms with Crippen molar-refractivity contribution in [2.24, 2.45) is 5.73 Å². The summed E-state index contributed by atoms with van der Waals surface area (Å²) in [6.45, 7) is 2.64. The fourth-order valence-electron chi connectivity index (χ4n) is 2.16. The third-order valence-corrected chi connectivity index (χ3v) is 3.17. The molecule has 4 nitrogen and oxygen atoms in total. The normalized spacial score (nSPS) is 10.4. The van der Waals surface area contributed by atoms with Gasteiger partial charge in [0.15, 0.2) is 0 Å². The molecule has 2 N–H and O–H groups in total. The quantitative estimate of drug-likeness (QED) is 0.781. The van der Waals surface area contributed by atoms with Gasteiger partial charge < -0.3 is 5.73 Å². The minimum Gasteiger partial charge on any atom is -0.326 e. The highest BCUT2D eigenvalue weighted by Gasteiger charge is 2.07. The molecule has 0 aliphatic heterocycles. The zero-order chi connectivity index (χ0) is 12.5. The topological polar surface area (TPSA) is 56.2 Å². The van der Waals surface area contributed by atoms with Crippen molar-refractivity contribution in [3.8, 4) is 11.3 Å². The van der Waals surface area contributed by atoms with Crippen LogP contribution < -0.4 is 5.73 Å². The average Bonchev–Trinajstić information content (AvgIpc) is 2.86. The van der Waals surface area contributed by atoms with E-state index in [9.17, 15) is 0 Å². The van der Waals surface area contributed by atoms with Gasteiger partial charge in [0.05, 0.1) is 11.2 Å². The van der Waals surface area contributed by atoms with Crippen LogP contribution in [0.2, 0.25) is 0 Å². The largest absolute Gasteiger partial charge is 0.326 e. The summed E-state index contributed by atoms with van der Waals surface area (Å²) in [5.41, 5.74) is 11.1. The molecular weight excluding hydrogens is 260 g/mol. The molecule has 0 bridgehead atoms. The number of nitrogens with zero attached hydrogens (tertiary/aromatic N) is 3. The Hall–Kier alpha value is -1.91. The molecule has 0 amide bonds. The first-order valence-corrected chi connectivity index (χ1v) is 5.88. The van der Waals surface area contributed by atoms with Crippen LogP contribution in [0, 0.1) is 6.92 Å². The van der Waals surface area contributed by atoms with E-state index in [1.165, 1.54) is 11.1 Å². The smallest absolute Gasteiger partial charge is 0.137 e. The van der Waals surface area contributed by atoms with Gasteiger partial charge in [-0.15, -0.1) is 12.4 Å². The van der Waals surface area contributed by atoms with Crippen LogP contribution in [-0.4, -0.2) is 14.6 Å². The van der Waals surface area contributed by atoms with Gasteiger partial charge in [-0.05, 0) is 36.2 Å². The van der Waals surface area contributed by atoms with E-state index >= 15 is 0 Å². The molecule has 0 saturated heterocycles. The van der Waals surface area contributed by atoms with Crippen LogP contribution in [0.5, 0.6) is 0 Å². The van der Waals surface area contributed by atoms with Crippen LogP contribution in [0.1, 0.15) is 11.1 Å². The van der Waals surface area contributed by atoms with Crippen LogP contribution in [0.4, 0.5) is 0 Å². The predicted molar refractivity (Wildman–Crippen MR) is 78.3 cm³/mol. The lowest BCUT2D eigenvalue weighted by molar-refractivity contribution is 0.906. The van der Waals surface area contributed by atoms with Crippen molar-refractivity contribution < 1.29 is 0 Å². The van der Waals surface area contributed by atoms with Crippen molar-refractivity contribution in [3.05, 3.63) is 54.0 Å². The maximum atomic E-state index is 5.68. The molecule has 0 aliphatic rings. The van der Waals surface area contributed by atoms with Gasteiger partial charge >= 0.3 is 0 Å². The summed E-state index contributed by atoms with van der Waals surface area (Å²) in [6.07, 6.45) is 3.50. The summed E-state index contributed by atoms with van der Waals surface area (Å²) in [5, 5.41) is 4.17. The van der Waals surface area contributed by atoms with E-state index in [4.69, 9.17) is 5.73 Å². The van der Waals surface area contributed by atoms with Crippen LogP contribution in [-0.2, 0) is 6.54 Å². The first-order chi connectivity index (χ1) is 8.79. The van der Waals surface area contributed by atoms with E-state index in [1.807, 2.05) is 22.8 Å². The Bertz CT molecular complexity index is 705. The Labute approximate surface area is 117 Å². The Balaban J connectivity index is 0.00000133. The van der Waals surface area contributed by atoms with Crippen LogP contribution >= 0.6 is 12.4 Å². The Kier molecular flexibility index (Phi) is 3.83. The maximum Gasteiger partial charge on any atom is 0.137 e. The molecule has 98 valence electrons. The molecule has 0 atom stereocenters. The predicted octanol–water partition coefficient (Wildman–Crippen LogP) is 2.59. The molecule has 3 rings (SSSR count). The molecule has 0 spiro atoms. The van der Waals surface area contributed by atoms with Gasteiger partial charge in [0.1, 0.15) is 6.33 Å². The second-order valence-corrected chi connectivity index (χ2v) is 4.29. The number of benzene rings is 1. The molecule has 5 heteroatoms. The van der Waals surface area contributed by atoms with Crippen molar-refractivity contribution >= 4 is 17.9 Å². The number of aromatic nitrogens is 3. The first kappa shape index (κ1) is 13.5. The fraction of sp³-hybridized carbons (Fsp3) is 0.143. The van der Waals surface area contributed by atoms with Crippen molar-refractivity contribution in [2.45, 2.75) is 13.5 Å². The molecule has 0 radical (unpaired) electrons. The minimum atomic E-state index is 0. The van der Waals surface area contributed by atoms with Gasteiger partial charge in [0.25, 0.3) is 0 Å². The van der Waals surface area contributed by atoms with Crippen molar-refractivity contribution in [2.75, 3.05) is 0 Å². The summed E-state index contributed by atoms with van der Waals surface area (Å²) >= 11 is 0. The molecule has 3 aromatic rings. The molecule has 0 aliphatic carbocycles. The monoisotopic (exact) mass is 274 g/mol. The highest BCUT2D eigenvalue weighted by Crippen LogP contribution is 2.24. The van der Waals surface area contributed by atoms with Gasteiger partial charge in [-0.2, -0.15) is 5.10 Å². The SMILES string of the molecule is Cc1cc(-c2ncnn3cccc23)ccc1CN.Cl. The molecular formula is C14H15ClN4. The van der Waals surface area contributed by atoms with Gasteiger partial charge in [0, 0.05) is 18.3 Å². The average molecular weight is 275 g/mol. The van der Waals surface area contributed by atoms with Crippen LogP contribution in [0.15, 0.2) is 42.9 Å². The van der Waals surface area contributed by atoms with Crippen molar-refractivity contribution in [3.63, 3.8) is 0 Å². The van der Waals surface area contributed by atoms with Crippen molar-refractivity contribution in [1.82, 2.24) is 14.6 Å². The molecule has 1 aromatic carbocycles. The second-order valence-electron chi connectivity index (χ2n) is 4.29. The third-order valence-electron chi connectivity index (χ3n) is 3.17. The summed E-state index contributed by atoms with van der Waals surface area (Å²) in [6, 6.07) is 10.2. The highest BCUT2D eigenvalue weighted by atomic mass is 35.5. The summed E-state index contributed by atoms with van der Waals surface area (Å²) in [4.78, 5) is 4.38. The van der Waals surface area contributed by atoms with Crippen LogP contribution in [0.25, 0.3) is 16.8 Å².